The number of amides is 2. The van der Waals surface area contributed by atoms with Gasteiger partial charge in [-0.25, -0.2) is 0 Å². The summed E-state index contributed by atoms with van der Waals surface area (Å²) < 4.78 is 0. The lowest BCUT2D eigenvalue weighted by Crippen LogP contribution is -2.42. The van der Waals surface area contributed by atoms with E-state index in [1.807, 2.05) is 18.2 Å². The van der Waals surface area contributed by atoms with Gasteiger partial charge in [0.2, 0.25) is 11.8 Å². The van der Waals surface area contributed by atoms with Gasteiger partial charge in [0.15, 0.2) is 0 Å². The number of benzene rings is 1. The molecule has 3 atom stereocenters. The maximum atomic E-state index is 12.2. The Morgan fingerprint density at radius 1 is 1.12 bits per heavy atom. The number of aliphatic hydroxyl groups is 1. The summed E-state index contributed by atoms with van der Waals surface area (Å²) in [5.74, 6) is 0.230. The van der Waals surface area contributed by atoms with Gasteiger partial charge in [-0.05, 0) is 44.1 Å². The average molecular weight is 344 g/mol. The van der Waals surface area contributed by atoms with Gasteiger partial charge in [-0.15, -0.1) is 0 Å². The normalized spacial score (nSPS) is 29.5. The van der Waals surface area contributed by atoms with Crippen molar-refractivity contribution in [3.63, 3.8) is 0 Å². The lowest BCUT2D eigenvalue weighted by Gasteiger charge is -2.34. The molecule has 2 aliphatic carbocycles. The van der Waals surface area contributed by atoms with Gasteiger partial charge in [0.25, 0.3) is 0 Å². The first-order valence-corrected chi connectivity index (χ1v) is 9.29. The molecule has 2 fully saturated rings. The summed E-state index contributed by atoms with van der Waals surface area (Å²) in [4.78, 5) is 23.6. The Hall–Kier alpha value is -1.88. The van der Waals surface area contributed by atoms with Gasteiger partial charge in [0.05, 0.1) is 12.1 Å². The monoisotopic (exact) mass is 344 g/mol. The maximum absolute atomic E-state index is 12.2. The van der Waals surface area contributed by atoms with Crippen molar-refractivity contribution in [2.75, 3.05) is 6.54 Å². The molecule has 0 heterocycles. The highest BCUT2D eigenvalue weighted by molar-refractivity contribution is 5.80. The topological polar surface area (TPSA) is 78.4 Å². The van der Waals surface area contributed by atoms with Crippen LogP contribution in [0.5, 0.6) is 0 Å². The van der Waals surface area contributed by atoms with Gasteiger partial charge in [-0.3, -0.25) is 9.59 Å². The van der Waals surface area contributed by atoms with Gasteiger partial charge >= 0.3 is 0 Å². The summed E-state index contributed by atoms with van der Waals surface area (Å²) in [7, 11) is 0. The van der Waals surface area contributed by atoms with Crippen LogP contribution in [-0.2, 0) is 15.0 Å². The van der Waals surface area contributed by atoms with Crippen LogP contribution in [0, 0.1) is 5.92 Å². The fraction of sp³-hybridized carbons (Fsp3) is 0.600. The van der Waals surface area contributed by atoms with Crippen molar-refractivity contribution in [2.45, 2.75) is 63.0 Å². The van der Waals surface area contributed by atoms with Crippen molar-refractivity contribution in [2.24, 2.45) is 5.92 Å². The number of aliphatic hydroxyl groups excluding tert-OH is 1. The SMILES string of the molecule is CC(=O)N[C@H]1CC[C@](CNC(=O)C2CC2)(c2ccccc2)CC[C@@H]1O. The molecule has 0 spiro atoms. The van der Waals surface area contributed by atoms with Gasteiger partial charge in [-0.1, -0.05) is 30.3 Å². The Balaban J connectivity index is 1.78. The Kier molecular flexibility index (Phi) is 5.42. The number of carbonyl (C=O) groups excluding carboxylic acids is 2. The van der Waals surface area contributed by atoms with Crippen molar-refractivity contribution >= 4 is 11.8 Å². The molecule has 5 heteroatoms. The molecule has 3 N–H and O–H groups in total. The fourth-order valence-electron chi connectivity index (χ4n) is 3.91. The predicted octanol–water partition coefficient (Wildman–Crippen LogP) is 1.89. The molecule has 5 nitrogen and oxygen atoms in total. The Morgan fingerprint density at radius 3 is 2.44 bits per heavy atom. The van der Waals surface area contributed by atoms with Gasteiger partial charge in [0.1, 0.15) is 0 Å². The molecule has 0 aromatic heterocycles. The van der Waals surface area contributed by atoms with E-state index in [4.69, 9.17) is 0 Å². The van der Waals surface area contributed by atoms with Crippen LogP contribution in [0.3, 0.4) is 0 Å². The molecule has 136 valence electrons. The molecule has 3 rings (SSSR count). The summed E-state index contributed by atoms with van der Waals surface area (Å²) in [6, 6.07) is 10.0. The van der Waals surface area contributed by atoms with Crippen LogP contribution in [0.4, 0.5) is 0 Å². The van der Waals surface area contributed by atoms with E-state index in [1.165, 1.54) is 12.5 Å². The zero-order valence-electron chi connectivity index (χ0n) is 14.8. The minimum absolute atomic E-state index is 0.113. The van der Waals surface area contributed by atoms with E-state index in [0.717, 1.165) is 25.7 Å². The lowest BCUT2D eigenvalue weighted by atomic mass is 9.74. The third-order valence-corrected chi connectivity index (χ3v) is 5.64. The molecule has 0 radical (unpaired) electrons. The quantitative estimate of drug-likeness (QED) is 0.714. The number of hydrogen-bond acceptors (Lipinski definition) is 3. The van der Waals surface area contributed by atoms with E-state index in [2.05, 4.69) is 22.8 Å². The third-order valence-electron chi connectivity index (χ3n) is 5.64. The Morgan fingerprint density at radius 2 is 1.80 bits per heavy atom. The Bertz CT molecular complexity index is 615. The standard InChI is InChI=1S/C20H28N2O3/c1-14(23)22-17-9-11-20(12-10-18(17)24,16-5-3-2-4-6-16)13-21-19(25)15-7-8-15/h2-6,15,17-18,24H,7-13H2,1H3,(H,21,25)(H,22,23)/t17-,18-,20-/m0/s1. The van der Waals surface area contributed by atoms with Crippen LogP contribution in [0.2, 0.25) is 0 Å². The van der Waals surface area contributed by atoms with E-state index in [-0.39, 0.29) is 29.2 Å². The molecule has 1 aromatic rings. The molecule has 0 saturated heterocycles. The second-order valence-corrected chi connectivity index (χ2v) is 7.59. The highest BCUT2D eigenvalue weighted by atomic mass is 16.3. The van der Waals surface area contributed by atoms with Crippen molar-refractivity contribution in [3.8, 4) is 0 Å². The summed E-state index contributed by atoms with van der Waals surface area (Å²) in [6.07, 6.45) is 4.37. The summed E-state index contributed by atoms with van der Waals surface area (Å²) in [5.41, 5.74) is 1.00. The Labute approximate surface area is 149 Å². The fourth-order valence-corrected chi connectivity index (χ4v) is 3.91. The van der Waals surface area contributed by atoms with E-state index in [1.54, 1.807) is 0 Å². The van der Waals surface area contributed by atoms with Crippen LogP contribution in [-0.4, -0.2) is 35.6 Å². The third kappa shape index (κ3) is 4.40. The van der Waals surface area contributed by atoms with Crippen molar-refractivity contribution in [1.29, 1.82) is 0 Å². The molecule has 0 bridgehead atoms. The number of nitrogens with one attached hydrogen (secondary N) is 2. The van der Waals surface area contributed by atoms with Crippen molar-refractivity contribution < 1.29 is 14.7 Å². The molecule has 2 aliphatic rings. The highest BCUT2D eigenvalue weighted by Crippen LogP contribution is 2.38. The smallest absolute Gasteiger partial charge is 0.223 e. The van der Waals surface area contributed by atoms with Gasteiger partial charge in [0, 0.05) is 24.8 Å². The zero-order chi connectivity index (χ0) is 17.9. The average Bonchev–Trinajstić information content (AvgIpc) is 3.45. The number of rotatable bonds is 5. The second-order valence-electron chi connectivity index (χ2n) is 7.59. The summed E-state index contributed by atoms with van der Waals surface area (Å²) in [6.45, 7) is 2.07. The van der Waals surface area contributed by atoms with E-state index in [9.17, 15) is 14.7 Å². The first kappa shape index (κ1) is 17.9. The molecule has 25 heavy (non-hydrogen) atoms. The summed E-state index contributed by atoms with van der Waals surface area (Å²) in [5, 5.41) is 16.5. The van der Waals surface area contributed by atoms with Crippen molar-refractivity contribution in [1.82, 2.24) is 10.6 Å². The summed E-state index contributed by atoms with van der Waals surface area (Å²) >= 11 is 0. The largest absolute Gasteiger partial charge is 0.391 e. The molecule has 2 saturated carbocycles. The van der Waals surface area contributed by atoms with E-state index < -0.39 is 6.10 Å². The van der Waals surface area contributed by atoms with Gasteiger partial charge < -0.3 is 15.7 Å². The predicted molar refractivity (Wildman–Crippen MR) is 95.9 cm³/mol. The maximum Gasteiger partial charge on any atom is 0.223 e. The van der Waals surface area contributed by atoms with Crippen LogP contribution >= 0.6 is 0 Å². The minimum Gasteiger partial charge on any atom is -0.391 e. The van der Waals surface area contributed by atoms with E-state index >= 15 is 0 Å². The molecule has 2 amide bonds. The number of carbonyl (C=O) groups is 2. The van der Waals surface area contributed by atoms with E-state index in [0.29, 0.717) is 19.4 Å². The lowest BCUT2D eigenvalue weighted by molar-refractivity contribution is -0.122. The minimum atomic E-state index is -0.548. The highest BCUT2D eigenvalue weighted by Gasteiger charge is 2.39. The first-order chi connectivity index (χ1) is 12.0. The molecule has 0 unspecified atom stereocenters. The second kappa shape index (κ2) is 7.56. The number of hydrogen-bond donors (Lipinski definition) is 3. The van der Waals surface area contributed by atoms with Crippen LogP contribution in [0.1, 0.15) is 51.0 Å². The molecular weight excluding hydrogens is 316 g/mol. The molecular formula is C20H28N2O3. The molecule has 1 aromatic carbocycles. The van der Waals surface area contributed by atoms with Gasteiger partial charge in [-0.2, -0.15) is 0 Å². The van der Waals surface area contributed by atoms with Crippen LogP contribution < -0.4 is 10.6 Å². The van der Waals surface area contributed by atoms with Crippen molar-refractivity contribution in [3.05, 3.63) is 35.9 Å². The van der Waals surface area contributed by atoms with Crippen LogP contribution in [0.15, 0.2) is 30.3 Å². The first-order valence-electron chi connectivity index (χ1n) is 9.29. The molecule has 0 aliphatic heterocycles. The zero-order valence-corrected chi connectivity index (χ0v) is 14.8. The van der Waals surface area contributed by atoms with Crippen LogP contribution in [0.25, 0.3) is 0 Å².